The number of anilines is 1. The lowest BCUT2D eigenvalue weighted by Crippen LogP contribution is -2.33. The molecule has 1 atom stereocenters. The van der Waals surface area contributed by atoms with Gasteiger partial charge in [-0.2, -0.15) is 0 Å². The van der Waals surface area contributed by atoms with Gasteiger partial charge in [-0.3, -0.25) is 14.6 Å². The lowest BCUT2D eigenvalue weighted by atomic mass is 10.1. The Kier molecular flexibility index (Phi) is 7.10. The van der Waals surface area contributed by atoms with Crippen molar-refractivity contribution in [3.63, 3.8) is 0 Å². The minimum Gasteiger partial charge on any atom is -0.481 e. The van der Waals surface area contributed by atoms with Gasteiger partial charge < -0.3 is 15.4 Å². The van der Waals surface area contributed by atoms with Crippen LogP contribution in [-0.4, -0.2) is 22.9 Å². The number of rotatable bonds is 8. The monoisotopic (exact) mass is 407 g/mol. The standard InChI is InChI=1S/C23H22FN3O3/c1-2-21(30-18-11-9-17(24)10-12-18)23(29)27-20-8-4-3-7-19(20)22(28)26-15-16-6-5-13-25-14-16/h3-14,21H,2,15H2,1H3,(H,26,28)(H,27,29). The van der Waals surface area contributed by atoms with Crippen LogP contribution in [0.3, 0.4) is 0 Å². The Balaban J connectivity index is 1.67. The number of nitrogens with one attached hydrogen (secondary N) is 2. The van der Waals surface area contributed by atoms with E-state index in [0.717, 1.165) is 5.56 Å². The highest BCUT2D eigenvalue weighted by Crippen LogP contribution is 2.18. The number of ether oxygens (including phenoxy) is 1. The maximum absolute atomic E-state index is 13.1. The SMILES string of the molecule is CCC(Oc1ccc(F)cc1)C(=O)Nc1ccccc1C(=O)NCc1cccnc1. The molecular weight excluding hydrogens is 385 g/mol. The second kappa shape index (κ2) is 10.2. The normalized spacial score (nSPS) is 11.4. The molecule has 2 amide bonds. The molecule has 0 radical (unpaired) electrons. The van der Waals surface area contributed by atoms with E-state index in [1.165, 1.54) is 24.3 Å². The number of para-hydroxylation sites is 1. The van der Waals surface area contributed by atoms with Gasteiger partial charge in [-0.25, -0.2) is 4.39 Å². The molecule has 0 bridgehead atoms. The number of nitrogens with zero attached hydrogens (tertiary/aromatic N) is 1. The Morgan fingerprint density at radius 1 is 1.07 bits per heavy atom. The first-order chi connectivity index (χ1) is 14.6. The maximum Gasteiger partial charge on any atom is 0.265 e. The third-order valence-electron chi connectivity index (χ3n) is 4.36. The minimum atomic E-state index is -0.790. The van der Waals surface area contributed by atoms with Gasteiger partial charge in [-0.05, 0) is 54.4 Å². The smallest absolute Gasteiger partial charge is 0.265 e. The highest BCUT2D eigenvalue weighted by Gasteiger charge is 2.21. The van der Waals surface area contributed by atoms with Crippen LogP contribution in [0.4, 0.5) is 10.1 Å². The number of pyridine rings is 1. The van der Waals surface area contributed by atoms with E-state index in [1.807, 2.05) is 6.07 Å². The first-order valence-electron chi connectivity index (χ1n) is 9.56. The molecule has 2 N–H and O–H groups in total. The largest absolute Gasteiger partial charge is 0.481 e. The van der Waals surface area contributed by atoms with Gasteiger partial charge in [0.25, 0.3) is 11.8 Å². The molecule has 0 aliphatic rings. The molecule has 154 valence electrons. The van der Waals surface area contributed by atoms with Crippen LogP contribution in [-0.2, 0) is 11.3 Å². The molecule has 1 aromatic heterocycles. The molecule has 0 aliphatic heterocycles. The van der Waals surface area contributed by atoms with Crippen LogP contribution in [0.2, 0.25) is 0 Å². The third-order valence-corrected chi connectivity index (χ3v) is 4.36. The maximum atomic E-state index is 13.1. The molecule has 0 spiro atoms. The quantitative estimate of drug-likeness (QED) is 0.593. The minimum absolute atomic E-state index is 0.317. The average molecular weight is 407 g/mol. The fourth-order valence-electron chi connectivity index (χ4n) is 2.78. The molecule has 1 unspecified atom stereocenters. The van der Waals surface area contributed by atoms with E-state index in [4.69, 9.17) is 4.74 Å². The summed E-state index contributed by atoms with van der Waals surface area (Å²) in [6.07, 6.45) is 2.95. The lowest BCUT2D eigenvalue weighted by molar-refractivity contribution is -0.122. The Bertz CT molecular complexity index is 994. The summed E-state index contributed by atoms with van der Waals surface area (Å²) in [6.45, 7) is 2.13. The molecule has 7 heteroatoms. The molecule has 0 saturated heterocycles. The highest BCUT2D eigenvalue weighted by molar-refractivity contribution is 6.04. The molecule has 30 heavy (non-hydrogen) atoms. The Labute approximate surface area is 174 Å². The van der Waals surface area contributed by atoms with Crippen molar-refractivity contribution >= 4 is 17.5 Å². The predicted molar refractivity (Wildman–Crippen MR) is 112 cm³/mol. The summed E-state index contributed by atoms with van der Waals surface area (Å²) in [7, 11) is 0. The van der Waals surface area contributed by atoms with Crippen LogP contribution < -0.4 is 15.4 Å². The number of amides is 2. The predicted octanol–water partition coefficient (Wildman–Crippen LogP) is 3.95. The second-order valence-electron chi connectivity index (χ2n) is 6.55. The summed E-state index contributed by atoms with van der Waals surface area (Å²) >= 11 is 0. The summed E-state index contributed by atoms with van der Waals surface area (Å²) < 4.78 is 18.7. The van der Waals surface area contributed by atoms with Gasteiger partial charge in [0.2, 0.25) is 0 Å². The first-order valence-corrected chi connectivity index (χ1v) is 9.56. The molecule has 2 aromatic carbocycles. The summed E-state index contributed by atoms with van der Waals surface area (Å²) in [5.74, 6) is -0.705. The van der Waals surface area contributed by atoms with Crippen molar-refractivity contribution in [2.75, 3.05) is 5.32 Å². The van der Waals surface area contributed by atoms with Gasteiger partial charge in [-0.1, -0.05) is 25.1 Å². The van der Waals surface area contributed by atoms with Crippen LogP contribution in [0, 0.1) is 5.82 Å². The van der Waals surface area contributed by atoms with E-state index in [-0.39, 0.29) is 11.7 Å². The number of hydrogen-bond acceptors (Lipinski definition) is 4. The Hall–Kier alpha value is -3.74. The lowest BCUT2D eigenvalue weighted by Gasteiger charge is -2.18. The molecule has 3 aromatic rings. The number of benzene rings is 2. The van der Waals surface area contributed by atoms with E-state index in [2.05, 4.69) is 15.6 Å². The van der Waals surface area contributed by atoms with Crippen molar-refractivity contribution in [1.29, 1.82) is 0 Å². The van der Waals surface area contributed by atoms with Crippen molar-refractivity contribution in [2.45, 2.75) is 26.0 Å². The first kappa shape index (κ1) is 21.0. The van der Waals surface area contributed by atoms with Crippen LogP contribution in [0.15, 0.2) is 73.1 Å². The van der Waals surface area contributed by atoms with E-state index in [0.29, 0.717) is 30.0 Å². The van der Waals surface area contributed by atoms with Crippen molar-refractivity contribution < 1.29 is 18.7 Å². The van der Waals surface area contributed by atoms with Gasteiger partial charge in [0.05, 0.1) is 11.3 Å². The van der Waals surface area contributed by atoms with Crippen LogP contribution >= 0.6 is 0 Å². The topological polar surface area (TPSA) is 80.3 Å². The summed E-state index contributed by atoms with van der Waals surface area (Å²) in [5, 5.41) is 5.58. The van der Waals surface area contributed by atoms with Crippen molar-refractivity contribution in [1.82, 2.24) is 10.3 Å². The fraction of sp³-hybridized carbons (Fsp3) is 0.174. The van der Waals surface area contributed by atoms with Crippen LogP contribution in [0.1, 0.15) is 29.3 Å². The van der Waals surface area contributed by atoms with Crippen LogP contribution in [0.25, 0.3) is 0 Å². The molecule has 0 fully saturated rings. The number of carbonyl (C=O) groups excluding carboxylic acids is 2. The van der Waals surface area contributed by atoms with E-state index >= 15 is 0 Å². The number of aromatic nitrogens is 1. The molecular formula is C23H22FN3O3. The van der Waals surface area contributed by atoms with Crippen LogP contribution in [0.5, 0.6) is 5.75 Å². The van der Waals surface area contributed by atoms with E-state index in [9.17, 15) is 14.0 Å². The molecule has 3 rings (SSSR count). The molecule has 1 heterocycles. The summed E-state index contributed by atoms with van der Waals surface area (Å²) in [5.41, 5.74) is 1.59. The second-order valence-corrected chi connectivity index (χ2v) is 6.55. The zero-order valence-electron chi connectivity index (χ0n) is 16.5. The zero-order chi connectivity index (χ0) is 21.3. The number of carbonyl (C=O) groups is 2. The van der Waals surface area contributed by atoms with Gasteiger partial charge in [0, 0.05) is 18.9 Å². The number of hydrogen-bond donors (Lipinski definition) is 2. The van der Waals surface area contributed by atoms with Crippen molar-refractivity contribution in [3.8, 4) is 5.75 Å². The Morgan fingerprint density at radius 2 is 1.83 bits per heavy atom. The zero-order valence-corrected chi connectivity index (χ0v) is 16.5. The van der Waals surface area contributed by atoms with Crippen molar-refractivity contribution in [2.24, 2.45) is 0 Å². The van der Waals surface area contributed by atoms with E-state index in [1.54, 1.807) is 49.6 Å². The van der Waals surface area contributed by atoms with Crippen molar-refractivity contribution in [3.05, 3.63) is 90.0 Å². The number of halogens is 1. The van der Waals surface area contributed by atoms with E-state index < -0.39 is 12.0 Å². The molecule has 0 aliphatic carbocycles. The molecule has 0 saturated carbocycles. The Morgan fingerprint density at radius 3 is 2.53 bits per heavy atom. The average Bonchev–Trinajstić information content (AvgIpc) is 2.78. The third kappa shape index (κ3) is 5.64. The van der Waals surface area contributed by atoms with Gasteiger partial charge in [0.1, 0.15) is 11.6 Å². The fourth-order valence-corrected chi connectivity index (χ4v) is 2.78. The molecule has 6 nitrogen and oxygen atoms in total. The summed E-state index contributed by atoms with van der Waals surface area (Å²) in [4.78, 5) is 29.4. The van der Waals surface area contributed by atoms with Gasteiger partial charge in [0.15, 0.2) is 6.10 Å². The highest BCUT2D eigenvalue weighted by atomic mass is 19.1. The van der Waals surface area contributed by atoms with Gasteiger partial charge >= 0.3 is 0 Å². The summed E-state index contributed by atoms with van der Waals surface area (Å²) in [6, 6.07) is 15.9. The van der Waals surface area contributed by atoms with Gasteiger partial charge in [-0.15, -0.1) is 0 Å².